The molecule has 1 atom stereocenters. The van der Waals surface area contributed by atoms with Gasteiger partial charge in [0.05, 0.1) is 6.61 Å². The summed E-state index contributed by atoms with van der Waals surface area (Å²) in [5.41, 5.74) is -0.534. The van der Waals surface area contributed by atoms with E-state index >= 15 is 0 Å². The molecule has 0 fully saturated rings. The first-order valence-corrected chi connectivity index (χ1v) is 6.87. The first kappa shape index (κ1) is 16.4. The summed E-state index contributed by atoms with van der Waals surface area (Å²) in [5, 5.41) is 4.66. The van der Waals surface area contributed by atoms with Gasteiger partial charge < -0.3 is 14.9 Å². The van der Waals surface area contributed by atoms with Crippen molar-refractivity contribution in [3.8, 4) is 0 Å². The van der Waals surface area contributed by atoms with Crippen molar-refractivity contribution in [2.45, 2.75) is 32.8 Å². The van der Waals surface area contributed by atoms with E-state index in [0.717, 1.165) is 0 Å². The highest BCUT2D eigenvalue weighted by Crippen LogP contribution is 2.35. The fraction of sp³-hybridized carbons (Fsp3) is 0.889. The van der Waals surface area contributed by atoms with Crippen molar-refractivity contribution in [1.82, 2.24) is 10.4 Å². The number of amides is 1. The largest absolute Gasteiger partial charge is 0.444 e. The van der Waals surface area contributed by atoms with E-state index in [1.165, 1.54) is 7.05 Å². The van der Waals surface area contributed by atoms with Gasteiger partial charge >= 0.3 is 13.8 Å². The summed E-state index contributed by atoms with van der Waals surface area (Å²) in [7, 11) is -2.33. The molecule has 0 saturated heterocycles. The number of rotatable bonds is 6. The molecule has 0 spiro atoms. The van der Waals surface area contributed by atoms with Crippen LogP contribution in [0.4, 0.5) is 4.79 Å². The number of nitrogens with one attached hydrogen (secondary N) is 2. The van der Waals surface area contributed by atoms with Crippen molar-refractivity contribution in [2.75, 3.05) is 20.2 Å². The summed E-state index contributed by atoms with van der Waals surface area (Å²) in [5.74, 6) is 0. The molecule has 1 unspecified atom stereocenters. The van der Waals surface area contributed by atoms with Crippen LogP contribution in [0.15, 0.2) is 0 Å². The van der Waals surface area contributed by atoms with Gasteiger partial charge in [0.15, 0.2) is 0 Å². The lowest BCUT2D eigenvalue weighted by molar-refractivity contribution is 0.0525. The first-order chi connectivity index (χ1) is 7.66. The zero-order valence-electron chi connectivity index (χ0n) is 10.6. The Bertz CT molecular complexity index is 290. The van der Waals surface area contributed by atoms with Crippen molar-refractivity contribution < 1.29 is 23.5 Å². The predicted octanol–water partition coefficient (Wildman–Crippen LogP) is 1.24. The molecule has 3 N–H and O–H groups in total. The molecule has 0 aromatic carbocycles. The Kier molecular flexibility index (Phi) is 6.70. The molecule has 0 aliphatic rings. The highest BCUT2D eigenvalue weighted by atomic mass is 31.2. The van der Waals surface area contributed by atoms with Crippen LogP contribution in [0.5, 0.6) is 0 Å². The van der Waals surface area contributed by atoms with E-state index in [1.54, 1.807) is 20.8 Å². The molecule has 0 aromatic heterocycles. The van der Waals surface area contributed by atoms with Gasteiger partial charge in [0.1, 0.15) is 5.60 Å². The number of hydrogen-bond donors (Lipinski definition) is 3. The monoisotopic (exact) mass is 268 g/mol. The first-order valence-electron chi connectivity index (χ1n) is 5.29. The molecule has 0 heterocycles. The molecule has 0 rings (SSSR count). The van der Waals surface area contributed by atoms with E-state index < -0.39 is 19.4 Å². The lowest BCUT2D eigenvalue weighted by atomic mass is 10.2. The maximum Gasteiger partial charge on any atom is 0.407 e. The van der Waals surface area contributed by atoms with Crippen LogP contribution in [-0.4, -0.2) is 36.8 Å². The second kappa shape index (κ2) is 6.96. The van der Waals surface area contributed by atoms with Crippen molar-refractivity contribution in [1.29, 1.82) is 0 Å². The molecule has 0 radical (unpaired) electrons. The summed E-state index contributed by atoms with van der Waals surface area (Å²) < 4.78 is 20.6. The standard InChI is InChI=1S/C9H21N2O5P/c1-9(2,3)16-8(12)11-6-5-7-15-17(13,14)10-4/h5-7H2,1-4H3,(H,11,12)(H2,10,13,14). The Labute approximate surface area is 101 Å². The molecule has 7 nitrogen and oxygen atoms in total. The average molecular weight is 268 g/mol. The highest BCUT2D eigenvalue weighted by Gasteiger charge is 2.16. The summed E-state index contributed by atoms with van der Waals surface area (Å²) in [6, 6.07) is 0. The van der Waals surface area contributed by atoms with Gasteiger partial charge in [0.2, 0.25) is 0 Å². The van der Waals surface area contributed by atoms with E-state index in [2.05, 4.69) is 14.9 Å². The molecule has 0 aliphatic carbocycles. The van der Waals surface area contributed by atoms with Crippen LogP contribution in [0.2, 0.25) is 0 Å². The Hall–Kier alpha value is -0.620. The minimum Gasteiger partial charge on any atom is -0.444 e. The molecule has 0 aromatic rings. The topological polar surface area (TPSA) is 96.9 Å². The van der Waals surface area contributed by atoms with Crippen LogP contribution >= 0.6 is 7.75 Å². The number of carbonyl (C=O) groups is 1. The maximum absolute atomic E-state index is 11.2. The molecular weight excluding hydrogens is 247 g/mol. The number of carbonyl (C=O) groups excluding carboxylic acids is 1. The quantitative estimate of drug-likeness (QED) is 0.495. The predicted molar refractivity (Wildman–Crippen MR) is 63.7 cm³/mol. The molecule has 8 heteroatoms. The molecule has 102 valence electrons. The van der Waals surface area contributed by atoms with Crippen molar-refractivity contribution in [3.05, 3.63) is 0 Å². The van der Waals surface area contributed by atoms with E-state index in [4.69, 9.17) is 9.63 Å². The lowest BCUT2D eigenvalue weighted by Crippen LogP contribution is -2.33. The smallest absolute Gasteiger partial charge is 0.407 e. The SMILES string of the molecule is CNP(=O)(O)OCCCNC(=O)OC(C)(C)C. The minimum absolute atomic E-state index is 0.0738. The van der Waals surface area contributed by atoms with Gasteiger partial charge in [-0.2, -0.15) is 0 Å². The molecule has 0 bridgehead atoms. The summed E-state index contributed by atoms with van der Waals surface area (Å²) in [6.45, 7) is 5.70. The Morgan fingerprint density at radius 1 is 1.41 bits per heavy atom. The van der Waals surface area contributed by atoms with Gasteiger partial charge in [-0.05, 0) is 34.2 Å². The molecule has 17 heavy (non-hydrogen) atoms. The van der Waals surface area contributed by atoms with Gasteiger partial charge in [-0.15, -0.1) is 0 Å². The van der Waals surface area contributed by atoms with Gasteiger partial charge in [-0.25, -0.2) is 14.4 Å². The van der Waals surface area contributed by atoms with E-state index in [0.29, 0.717) is 13.0 Å². The van der Waals surface area contributed by atoms with Gasteiger partial charge in [0, 0.05) is 6.54 Å². The van der Waals surface area contributed by atoms with E-state index in [-0.39, 0.29) is 6.61 Å². The number of alkyl carbamates (subject to hydrolysis) is 1. The number of ether oxygens (including phenoxy) is 1. The van der Waals surface area contributed by atoms with Crippen molar-refractivity contribution in [3.63, 3.8) is 0 Å². The Balaban J connectivity index is 3.59. The molecular formula is C9H21N2O5P. The van der Waals surface area contributed by atoms with Gasteiger partial charge in [0.25, 0.3) is 0 Å². The molecule has 0 saturated carbocycles. The van der Waals surface area contributed by atoms with Crippen LogP contribution in [0.25, 0.3) is 0 Å². The van der Waals surface area contributed by atoms with Crippen LogP contribution in [0.1, 0.15) is 27.2 Å². The zero-order valence-corrected chi connectivity index (χ0v) is 11.5. The lowest BCUT2D eigenvalue weighted by Gasteiger charge is -2.19. The van der Waals surface area contributed by atoms with Crippen LogP contribution in [0, 0.1) is 0 Å². The third-order valence-electron chi connectivity index (χ3n) is 1.54. The van der Waals surface area contributed by atoms with E-state index in [1.807, 2.05) is 0 Å². The maximum atomic E-state index is 11.2. The Morgan fingerprint density at radius 3 is 2.47 bits per heavy atom. The molecule has 0 aliphatic heterocycles. The normalized spacial score (nSPS) is 15.1. The summed E-state index contributed by atoms with van der Waals surface area (Å²) in [4.78, 5) is 20.2. The zero-order chi connectivity index (χ0) is 13.5. The van der Waals surface area contributed by atoms with Crippen molar-refractivity contribution >= 4 is 13.8 Å². The number of hydrogen-bond acceptors (Lipinski definition) is 4. The van der Waals surface area contributed by atoms with E-state index in [9.17, 15) is 9.36 Å². The molecule has 1 amide bonds. The highest BCUT2D eigenvalue weighted by molar-refractivity contribution is 7.50. The van der Waals surface area contributed by atoms with Gasteiger partial charge in [-0.1, -0.05) is 0 Å². The second-order valence-electron chi connectivity index (χ2n) is 4.36. The fourth-order valence-electron chi connectivity index (χ4n) is 0.830. The third kappa shape index (κ3) is 10.3. The van der Waals surface area contributed by atoms with Crippen LogP contribution < -0.4 is 10.4 Å². The fourth-order valence-corrected chi connectivity index (χ4v) is 1.34. The summed E-state index contributed by atoms with van der Waals surface area (Å²) >= 11 is 0. The minimum atomic E-state index is -3.66. The second-order valence-corrected chi connectivity index (χ2v) is 6.11. The van der Waals surface area contributed by atoms with Crippen molar-refractivity contribution in [2.24, 2.45) is 0 Å². The van der Waals surface area contributed by atoms with Gasteiger partial charge in [-0.3, -0.25) is 4.52 Å². The van der Waals surface area contributed by atoms with Crippen LogP contribution in [-0.2, 0) is 13.8 Å². The summed E-state index contributed by atoms with van der Waals surface area (Å²) in [6.07, 6.45) is -0.0934. The average Bonchev–Trinajstić information content (AvgIpc) is 2.14. The van der Waals surface area contributed by atoms with Crippen LogP contribution in [0.3, 0.4) is 0 Å². The Morgan fingerprint density at radius 2 is 2.00 bits per heavy atom. The third-order valence-corrected chi connectivity index (χ3v) is 2.64.